The van der Waals surface area contributed by atoms with Crippen molar-refractivity contribution in [3.8, 4) is 0 Å². The molecule has 1 heterocycles. The number of aliphatic hydroxyl groups is 1. The zero-order valence-corrected chi connectivity index (χ0v) is 10.5. The molecule has 0 aromatic rings. The van der Waals surface area contributed by atoms with Crippen molar-refractivity contribution >= 4 is 0 Å². The van der Waals surface area contributed by atoms with E-state index in [-0.39, 0.29) is 5.41 Å². The molecule has 92 valence electrons. The van der Waals surface area contributed by atoms with Gasteiger partial charge in [0.2, 0.25) is 0 Å². The second kappa shape index (κ2) is 4.13. The van der Waals surface area contributed by atoms with Crippen molar-refractivity contribution in [3.63, 3.8) is 0 Å². The Morgan fingerprint density at radius 2 is 1.94 bits per heavy atom. The summed E-state index contributed by atoms with van der Waals surface area (Å²) >= 11 is 0. The van der Waals surface area contributed by atoms with Gasteiger partial charge >= 0.3 is 0 Å². The van der Waals surface area contributed by atoms with Gasteiger partial charge < -0.3 is 14.6 Å². The molecule has 1 saturated heterocycles. The summed E-state index contributed by atoms with van der Waals surface area (Å²) in [6, 6.07) is 0. The third-order valence-corrected chi connectivity index (χ3v) is 3.34. The fourth-order valence-electron chi connectivity index (χ4n) is 2.44. The average Bonchev–Trinajstić information content (AvgIpc) is 2.64. The Kier molecular flexibility index (Phi) is 3.12. The second-order valence-electron chi connectivity index (χ2n) is 5.85. The Labute approximate surface area is 97.4 Å². The first-order valence-electron chi connectivity index (χ1n) is 6.11. The van der Waals surface area contributed by atoms with Crippen LogP contribution in [0.4, 0.5) is 0 Å². The highest BCUT2D eigenvalue weighted by Gasteiger charge is 2.39. The summed E-state index contributed by atoms with van der Waals surface area (Å²) in [5, 5.41) is 10.3. The van der Waals surface area contributed by atoms with E-state index in [4.69, 9.17) is 9.47 Å². The third-order valence-electron chi connectivity index (χ3n) is 3.34. The highest BCUT2D eigenvalue weighted by Crippen LogP contribution is 2.38. The highest BCUT2D eigenvalue weighted by molar-refractivity contribution is 5.19. The van der Waals surface area contributed by atoms with Gasteiger partial charge in [-0.15, -0.1) is 0 Å². The smallest absolute Gasteiger partial charge is 0.188 e. The van der Waals surface area contributed by atoms with Gasteiger partial charge in [-0.3, -0.25) is 0 Å². The van der Waals surface area contributed by atoms with E-state index in [0.717, 1.165) is 24.8 Å². The lowest BCUT2D eigenvalue weighted by Gasteiger charge is -2.35. The van der Waals surface area contributed by atoms with Gasteiger partial charge in [0.05, 0.1) is 19.3 Å². The molecule has 0 radical (unpaired) electrons. The van der Waals surface area contributed by atoms with Gasteiger partial charge in [-0.1, -0.05) is 20.8 Å². The van der Waals surface area contributed by atoms with Crippen LogP contribution in [-0.2, 0) is 9.47 Å². The van der Waals surface area contributed by atoms with Crippen molar-refractivity contribution in [1.29, 1.82) is 0 Å². The van der Waals surface area contributed by atoms with Crippen molar-refractivity contribution in [3.05, 3.63) is 11.6 Å². The Hall–Kier alpha value is -0.380. The van der Waals surface area contributed by atoms with Crippen molar-refractivity contribution < 1.29 is 14.6 Å². The lowest BCUT2D eigenvalue weighted by Crippen LogP contribution is -2.36. The standard InChI is InChI=1S/C13H22O3/c1-12(2,3)11(14)10-5-4-6-13(9-10)15-7-8-16-13/h9,11,14H,4-8H2,1-3H3. The van der Waals surface area contributed by atoms with Crippen LogP contribution in [0.1, 0.15) is 40.0 Å². The van der Waals surface area contributed by atoms with Crippen LogP contribution in [0.25, 0.3) is 0 Å². The topological polar surface area (TPSA) is 38.7 Å². The van der Waals surface area contributed by atoms with Gasteiger partial charge in [-0.2, -0.15) is 0 Å². The molecule has 1 aliphatic carbocycles. The predicted octanol–water partition coefficient (Wildman–Crippen LogP) is 2.25. The van der Waals surface area contributed by atoms with Gasteiger partial charge in [0, 0.05) is 6.42 Å². The minimum atomic E-state index is -0.528. The SMILES string of the molecule is CC(C)(C)C(O)C1=CC2(CCC1)OCCO2. The van der Waals surface area contributed by atoms with E-state index in [1.807, 2.05) is 6.08 Å². The first-order valence-corrected chi connectivity index (χ1v) is 6.11. The maximum Gasteiger partial charge on any atom is 0.188 e. The summed E-state index contributed by atoms with van der Waals surface area (Å²) in [5.41, 5.74) is 0.948. The number of aliphatic hydroxyl groups excluding tert-OH is 1. The summed E-state index contributed by atoms with van der Waals surface area (Å²) < 4.78 is 11.3. The predicted molar refractivity (Wildman–Crippen MR) is 62.0 cm³/mol. The molecule has 0 bridgehead atoms. The Morgan fingerprint density at radius 1 is 1.31 bits per heavy atom. The first-order chi connectivity index (χ1) is 7.43. The van der Waals surface area contributed by atoms with E-state index in [9.17, 15) is 5.11 Å². The van der Waals surface area contributed by atoms with E-state index in [0.29, 0.717) is 13.2 Å². The summed E-state index contributed by atoms with van der Waals surface area (Å²) in [6.45, 7) is 7.48. The second-order valence-corrected chi connectivity index (χ2v) is 5.85. The van der Waals surface area contributed by atoms with Crippen LogP contribution in [-0.4, -0.2) is 30.2 Å². The van der Waals surface area contributed by atoms with E-state index < -0.39 is 11.9 Å². The summed E-state index contributed by atoms with van der Waals surface area (Å²) in [6.07, 6.45) is 4.50. The number of hydrogen-bond acceptors (Lipinski definition) is 3. The van der Waals surface area contributed by atoms with Crippen LogP contribution < -0.4 is 0 Å². The maximum absolute atomic E-state index is 10.3. The Balaban J connectivity index is 2.18. The number of hydrogen-bond donors (Lipinski definition) is 1. The van der Waals surface area contributed by atoms with Crippen molar-refractivity contribution in [2.45, 2.75) is 51.9 Å². The monoisotopic (exact) mass is 226 g/mol. The summed E-state index contributed by atoms with van der Waals surface area (Å²) in [7, 11) is 0. The normalized spacial score (nSPS) is 26.9. The molecule has 0 aromatic heterocycles. The minimum absolute atomic E-state index is 0.122. The van der Waals surface area contributed by atoms with E-state index in [1.54, 1.807) is 0 Å². The van der Waals surface area contributed by atoms with Gasteiger partial charge in [0.15, 0.2) is 5.79 Å². The van der Waals surface area contributed by atoms with Crippen LogP contribution in [0.3, 0.4) is 0 Å². The molecule has 1 unspecified atom stereocenters. The largest absolute Gasteiger partial charge is 0.388 e. The molecule has 1 N–H and O–H groups in total. The molecule has 1 atom stereocenters. The van der Waals surface area contributed by atoms with Crippen LogP contribution in [0.2, 0.25) is 0 Å². The quantitative estimate of drug-likeness (QED) is 0.697. The van der Waals surface area contributed by atoms with Crippen molar-refractivity contribution in [2.75, 3.05) is 13.2 Å². The molecule has 1 aliphatic heterocycles. The molecular formula is C13H22O3. The Bertz CT molecular complexity index is 282. The summed E-state index contributed by atoms with van der Waals surface area (Å²) in [4.78, 5) is 0. The fourth-order valence-corrected chi connectivity index (χ4v) is 2.44. The molecule has 3 nitrogen and oxygen atoms in total. The highest BCUT2D eigenvalue weighted by atomic mass is 16.7. The zero-order chi connectivity index (χ0) is 11.8. The van der Waals surface area contributed by atoms with Crippen LogP contribution in [0.15, 0.2) is 11.6 Å². The average molecular weight is 226 g/mol. The van der Waals surface area contributed by atoms with E-state index in [1.165, 1.54) is 0 Å². The molecule has 0 saturated carbocycles. The molecule has 1 spiro atoms. The molecule has 2 aliphatic rings. The maximum atomic E-state index is 10.3. The summed E-state index contributed by atoms with van der Waals surface area (Å²) in [5.74, 6) is -0.528. The third kappa shape index (κ3) is 2.31. The number of ether oxygens (including phenoxy) is 2. The van der Waals surface area contributed by atoms with Gasteiger partial charge in [0.25, 0.3) is 0 Å². The van der Waals surface area contributed by atoms with Gasteiger partial charge in [-0.05, 0) is 29.9 Å². The molecule has 0 aromatic carbocycles. The fraction of sp³-hybridized carbons (Fsp3) is 0.846. The lowest BCUT2D eigenvalue weighted by molar-refractivity contribution is -0.127. The van der Waals surface area contributed by atoms with Crippen molar-refractivity contribution in [2.24, 2.45) is 5.41 Å². The molecule has 2 rings (SSSR count). The van der Waals surface area contributed by atoms with Crippen LogP contribution in [0.5, 0.6) is 0 Å². The Morgan fingerprint density at radius 3 is 2.50 bits per heavy atom. The molecule has 1 fully saturated rings. The number of rotatable bonds is 1. The minimum Gasteiger partial charge on any atom is -0.388 e. The first kappa shape index (κ1) is 12.1. The molecular weight excluding hydrogens is 204 g/mol. The van der Waals surface area contributed by atoms with Crippen LogP contribution >= 0.6 is 0 Å². The molecule has 16 heavy (non-hydrogen) atoms. The van der Waals surface area contributed by atoms with Gasteiger partial charge in [0.1, 0.15) is 0 Å². The molecule has 0 amide bonds. The zero-order valence-electron chi connectivity index (χ0n) is 10.5. The van der Waals surface area contributed by atoms with Crippen LogP contribution in [0, 0.1) is 5.41 Å². The van der Waals surface area contributed by atoms with Crippen molar-refractivity contribution in [1.82, 2.24) is 0 Å². The lowest BCUT2D eigenvalue weighted by atomic mass is 9.80. The molecule has 3 heteroatoms. The van der Waals surface area contributed by atoms with E-state index in [2.05, 4.69) is 20.8 Å². The van der Waals surface area contributed by atoms with Gasteiger partial charge in [-0.25, -0.2) is 0 Å². The van der Waals surface area contributed by atoms with E-state index >= 15 is 0 Å².